The third-order valence-corrected chi connectivity index (χ3v) is 7.31. The van der Waals surface area contributed by atoms with E-state index in [0.717, 1.165) is 17.8 Å². The van der Waals surface area contributed by atoms with Gasteiger partial charge in [0.05, 0.1) is 35.1 Å². The van der Waals surface area contributed by atoms with Crippen molar-refractivity contribution in [1.82, 2.24) is 34.3 Å². The molecule has 0 bridgehead atoms. The summed E-state index contributed by atoms with van der Waals surface area (Å²) < 4.78 is 20.6. The molecular formula is C28H33N9O5. The van der Waals surface area contributed by atoms with Crippen LogP contribution in [0.1, 0.15) is 18.8 Å². The summed E-state index contributed by atoms with van der Waals surface area (Å²) >= 11 is 0. The number of ether oxygens (including phenoxy) is 3. The maximum absolute atomic E-state index is 11.0. The molecule has 0 spiro atoms. The van der Waals surface area contributed by atoms with Crippen molar-refractivity contribution in [3.8, 4) is 17.0 Å². The van der Waals surface area contributed by atoms with E-state index < -0.39 is 24.5 Å². The zero-order valence-corrected chi connectivity index (χ0v) is 23.5. The topological polar surface area (TPSA) is 181 Å². The number of aliphatic hydroxyl groups is 2. The van der Waals surface area contributed by atoms with Crippen molar-refractivity contribution in [2.45, 2.75) is 37.9 Å². The van der Waals surface area contributed by atoms with Gasteiger partial charge in [0, 0.05) is 50.4 Å². The zero-order valence-electron chi connectivity index (χ0n) is 23.5. The molecular weight excluding hydrogens is 542 g/mol. The molecule has 0 radical (unpaired) electrons. The lowest BCUT2D eigenvalue weighted by atomic mass is 10.1. The van der Waals surface area contributed by atoms with E-state index in [9.17, 15) is 10.2 Å². The van der Waals surface area contributed by atoms with Gasteiger partial charge in [-0.05, 0) is 18.6 Å². The molecule has 0 saturated carbocycles. The molecule has 0 amide bonds. The molecule has 4 atom stereocenters. The highest BCUT2D eigenvalue weighted by molar-refractivity contribution is 5.99. The summed E-state index contributed by atoms with van der Waals surface area (Å²) in [5, 5.41) is 30.3. The Balaban J connectivity index is 1.23. The number of nitrogens with zero attached hydrogens (tertiary/aromatic N) is 7. The van der Waals surface area contributed by atoms with Gasteiger partial charge in [-0.15, -0.1) is 0 Å². The third kappa shape index (κ3) is 5.09. The maximum Gasteiger partial charge on any atom is 0.164 e. The van der Waals surface area contributed by atoms with Gasteiger partial charge in [0.1, 0.15) is 54.0 Å². The second kappa shape index (κ2) is 11.5. The molecule has 0 unspecified atom stereocenters. The number of rotatable bonds is 10. The molecule has 5 aromatic rings. The molecule has 0 aliphatic carbocycles. The van der Waals surface area contributed by atoms with E-state index in [4.69, 9.17) is 24.9 Å². The molecule has 6 rings (SSSR count). The van der Waals surface area contributed by atoms with Gasteiger partial charge in [-0.1, -0.05) is 6.92 Å². The van der Waals surface area contributed by atoms with Crippen LogP contribution in [0, 0.1) is 0 Å². The van der Waals surface area contributed by atoms with Crippen molar-refractivity contribution in [2.24, 2.45) is 7.05 Å². The normalized spacial score (nSPS) is 20.5. The Labute approximate surface area is 241 Å². The molecule has 1 fully saturated rings. The molecule has 5 N–H and O–H groups in total. The first-order valence-electron chi connectivity index (χ1n) is 13.7. The summed E-state index contributed by atoms with van der Waals surface area (Å²) in [6, 6.07) is 5.63. The first kappa shape index (κ1) is 27.8. The fourth-order valence-electron chi connectivity index (χ4n) is 5.16. The van der Waals surface area contributed by atoms with Gasteiger partial charge in [0.25, 0.3) is 0 Å². The first-order valence-corrected chi connectivity index (χ1v) is 13.7. The molecule has 5 aromatic heterocycles. The molecule has 42 heavy (non-hydrogen) atoms. The van der Waals surface area contributed by atoms with E-state index in [-0.39, 0.29) is 12.4 Å². The molecule has 0 aromatic carbocycles. The predicted molar refractivity (Wildman–Crippen MR) is 155 cm³/mol. The van der Waals surface area contributed by atoms with Gasteiger partial charge in [0.2, 0.25) is 0 Å². The lowest BCUT2D eigenvalue weighted by Gasteiger charge is -2.17. The van der Waals surface area contributed by atoms with Crippen LogP contribution in [0.15, 0.2) is 43.1 Å². The fourth-order valence-corrected chi connectivity index (χ4v) is 5.16. The number of aromatic nitrogens is 7. The average Bonchev–Trinajstić information content (AvgIpc) is 3.67. The van der Waals surface area contributed by atoms with Crippen LogP contribution in [0.3, 0.4) is 0 Å². The average molecular weight is 576 g/mol. The minimum atomic E-state index is -1.26. The lowest BCUT2D eigenvalue weighted by Crippen LogP contribution is -2.34. The zero-order chi connectivity index (χ0) is 29.4. The molecule has 1 saturated heterocycles. The van der Waals surface area contributed by atoms with Gasteiger partial charge in [-0.2, -0.15) is 5.10 Å². The minimum absolute atomic E-state index is 0.0300. The van der Waals surface area contributed by atoms with Crippen LogP contribution in [0.4, 0.5) is 11.5 Å². The molecule has 14 heteroatoms. The SMILES string of the molecule is CCc1cc(NCCOC)c2ncc(OC[C@H]3O[C@@H](n4cc(-c5ccn(C)n5)c5c(N)ncnc54)[C@H](O)[C@@H]3O)cc2n1. The Morgan fingerprint density at radius 2 is 2.02 bits per heavy atom. The Morgan fingerprint density at radius 3 is 2.79 bits per heavy atom. The van der Waals surface area contributed by atoms with Crippen molar-refractivity contribution in [3.05, 3.63) is 48.8 Å². The highest BCUT2D eigenvalue weighted by Gasteiger charge is 2.45. The lowest BCUT2D eigenvalue weighted by molar-refractivity contribution is -0.0471. The quantitative estimate of drug-likeness (QED) is 0.177. The largest absolute Gasteiger partial charge is 0.489 e. The van der Waals surface area contributed by atoms with Crippen LogP contribution < -0.4 is 15.8 Å². The van der Waals surface area contributed by atoms with E-state index >= 15 is 0 Å². The molecule has 14 nitrogen and oxygen atoms in total. The van der Waals surface area contributed by atoms with Crippen LogP contribution in [0.25, 0.3) is 33.3 Å². The van der Waals surface area contributed by atoms with Gasteiger partial charge < -0.3 is 40.0 Å². The monoisotopic (exact) mass is 575 g/mol. The Kier molecular flexibility index (Phi) is 7.60. The van der Waals surface area contributed by atoms with E-state index in [1.165, 1.54) is 6.33 Å². The number of methoxy groups -OCH3 is 1. The number of pyridine rings is 2. The molecule has 1 aliphatic heterocycles. The van der Waals surface area contributed by atoms with Crippen molar-refractivity contribution in [2.75, 3.05) is 37.9 Å². The predicted octanol–water partition coefficient (Wildman–Crippen LogP) is 1.68. The summed E-state index contributed by atoms with van der Waals surface area (Å²) in [5.41, 5.74) is 11.2. The third-order valence-electron chi connectivity index (χ3n) is 7.31. The van der Waals surface area contributed by atoms with Crippen LogP contribution in [0.5, 0.6) is 5.75 Å². The van der Waals surface area contributed by atoms with Crippen LogP contribution in [0.2, 0.25) is 0 Å². The number of hydrogen-bond donors (Lipinski definition) is 4. The minimum Gasteiger partial charge on any atom is -0.489 e. The Morgan fingerprint density at radius 1 is 1.17 bits per heavy atom. The van der Waals surface area contributed by atoms with Gasteiger partial charge in [0.15, 0.2) is 6.23 Å². The van der Waals surface area contributed by atoms with E-state index in [1.807, 2.05) is 32.3 Å². The Bertz CT molecular complexity index is 1720. The van der Waals surface area contributed by atoms with Crippen molar-refractivity contribution in [1.29, 1.82) is 0 Å². The fraction of sp³-hybridized carbons (Fsp3) is 0.393. The summed E-state index contributed by atoms with van der Waals surface area (Å²) in [4.78, 5) is 17.8. The smallest absolute Gasteiger partial charge is 0.164 e. The molecule has 6 heterocycles. The summed E-state index contributed by atoms with van der Waals surface area (Å²) in [7, 11) is 3.47. The summed E-state index contributed by atoms with van der Waals surface area (Å²) in [5.74, 6) is 0.734. The number of anilines is 2. The Hall–Kier alpha value is -4.37. The highest BCUT2D eigenvalue weighted by Crippen LogP contribution is 2.38. The van der Waals surface area contributed by atoms with Gasteiger partial charge in [-0.3, -0.25) is 9.67 Å². The van der Waals surface area contributed by atoms with Gasteiger partial charge >= 0.3 is 0 Å². The van der Waals surface area contributed by atoms with Crippen molar-refractivity contribution >= 4 is 33.6 Å². The number of hydrogen-bond acceptors (Lipinski definition) is 12. The number of nitrogens with two attached hydrogens (primary N) is 1. The van der Waals surface area contributed by atoms with Crippen LogP contribution in [-0.2, 0) is 22.9 Å². The number of aryl methyl sites for hydroxylation is 2. The number of aliphatic hydroxyl groups excluding tert-OH is 2. The van der Waals surface area contributed by atoms with E-state index in [2.05, 4.69) is 25.4 Å². The van der Waals surface area contributed by atoms with Crippen molar-refractivity contribution in [3.63, 3.8) is 0 Å². The summed E-state index contributed by atoms with van der Waals surface area (Å²) in [6.07, 6.45) is 3.01. The van der Waals surface area contributed by atoms with E-state index in [1.54, 1.807) is 34.8 Å². The number of fused-ring (bicyclic) bond motifs is 2. The van der Waals surface area contributed by atoms with Crippen LogP contribution in [-0.4, -0.2) is 89.7 Å². The maximum atomic E-state index is 11.0. The summed E-state index contributed by atoms with van der Waals surface area (Å²) in [6.45, 7) is 3.21. The van der Waals surface area contributed by atoms with Gasteiger partial charge in [-0.25, -0.2) is 15.0 Å². The molecule has 1 aliphatic rings. The standard InChI is InChI=1S/C28H33N9O5/c1-4-15-9-19(30-6-8-40-3)23-20(34-15)10-16(11-31-23)41-13-21-24(38)25(39)28(42-21)37-12-17(18-5-7-36(2)35-18)22-26(29)32-14-33-27(22)37/h5,7,9-12,14,21,24-25,28,38-39H,4,6,8,13H2,1-3H3,(H,30,34)(H2,29,32,33)/t21-,24-,25-,28-/m1/s1. The first-order chi connectivity index (χ1) is 20.4. The second-order valence-corrected chi connectivity index (χ2v) is 10.1. The van der Waals surface area contributed by atoms with Crippen molar-refractivity contribution < 1.29 is 24.4 Å². The second-order valence-electron chi connectivity index (χ2n) is 10.1. The van der Waals surface area contributed by atoms with E-state index in [0.29, 0.717) is 52.2 Å². The number of nitrogens with one attached hydrogen (secondary N) is 1. The number of nitrogen functional groups attached to an aromatic ring is 1. The van der Waals surface area contributed by atoms with Crippen LogP contribution >= 0.6 is 0 Å². The highest BCUT2D eigenvalue weighted by atomic mass is 16.6. The molecule has 220 valence electrons.